The highest BCUT2D eigenvalue weighted by Gasteiger charge is 2.30. The molecule has 0 spiro atoms. The van der Waals surface area contributed by atoms with Gasteiger partial charge in [-0.05, 0) is 37.0 Å². The van der Waals surface area contributed by atoms with E-state index in [4.69, 9.17) is 0 Å². The van der Waals surface area contributed by atoms with Crippen molar-refractivity contribution >= 4 is 16.8 Å². The predicted molar refractivity (Wildman–Crippen MR) is 92.5 cm³/mol. The Morgan fingerprint density at radius 2 is 1.87 bits per heavy atom. The van der Waals surface area contributed by atoms with Gasteiger partial charge in [-0.2, -0.15) is 0 Å². The minimum absolute atomic E-state index is 0.125. The number of amides is 1. The molecule has 3 heteroatoms. The molecule has 0 aliphatic carbocycles. The largest absolute Gasteiger partial charge is 0.351 e. The third kappa shape index (κ3) is 2.74. The molecule has 23 heavy (non-hydrogen) atoms. The van der Waals surface area contributed by atoms with Crippen LogP contribution in [0, 0.1) is 0 Å². The predicted octanol–water partition coefficient (Wildman–Crippen LogP) is 4.02. The van der Waals surface area contributed by atoms with E-state index in [1.165, 1.54) is 5.56 Å². The van der Waals surface area contributed by atoms with Crippen LogP contribution in [-0.4, -0.2) is 28.4 Å². The van der Waals surface area contributed by atoms with Crippen molar-refractivity contribution in [2.24, 2.45) is 0 Å². The lowest BCUT2D eigenvalue weighted by Crippen LogP contribution is -2.37. The van der Waals surface area contributed by atoms with E-state index in [1.54, 1.807) is 0 Å². The summed E-state index contributed by atoms with van der Waals surface area (Å²) in [5, 5.41) is 1.09. The average molecular weight is 304 g/mol. The Labute approximate surface area is 135 Å². The van der Waals surface area contributed by atoms with E-state index in [1.807, 2.05) is 41.3 Å². The van der Waals surface area contributed by atoms with Crippen LogP contribution in [0.15, 0.2) is 60.7 Å². The van der Waals surface area contributed by atoms with Gasteiger partial charge in [0.15, 0.2) is 0 Å². The second kappa shape index (κ2) is 5.92. The minimum Gasteiger partial charge on any atom is -0.351 e. The van der Waals surface area contributed by atoms with E-state index in [0.29, 0.717) is 11.7 Å². The van der Waals surface area contributed by atoms with Gasteiger partial charge in [-0.25, -0.2) is 0 Å². The first-order chi connectivity index (χ1) is 11.3. The molecule has 0 radical (unpaired) electrons. The summed E-state index contributed by atoms with van der Waals surface area (Å²) in [5.74, 6) is 0.125. The smallest absolute Gasteiger partial charge is 0.270 e. The van der Waals surface area contributed by atoms with Gasteiger partial charge in [-0.15, -0.1) is 0 Å². The second-order valence-corrected chi connectivity index (χ2v) is 6.25. The molecule has 116 valence electrons. The molecule has 1 aliphatic heterocycles. The van der Waals surface area contributed by atoms with Gasteiger partial charge in [0, 0.05) is 23.5 Å². The zero-order chi connectivity index (χ0) is 15.6. The van der Waals surface area contributed by atoms with Gasteiger partial charge in [0.25, 0.3) is 5.91 Å². The van der Waals surface area contributed by atoms with Crippen molar-refractivity contribution in [3.05, 3.63) is 71.9 Å². The molecule has 0 bridgehead atoms. The fourth-order valence-electron chi connectivity index (χ4n) is 3.54. The lowest BCUT2D eigenvalue weighted by atomic mass is 10.0. The number of benzene rings is 2. The van der Waals surface area contributed by atoms with Crippen LogP contribution in [0.2, 0.25) is 0 Å². The number of para-hydroxylation sites is 1. The number of hydrogen-bond acceptors (Lipinski definition) is 1. The van der Waals surface area contributed by atoms with Crippen molar-refractivity contribution < 1.29 is 4.79 Å². The maximum Gasteiger partial charge on any atom is 0.270 e. The summed E-state index contributed by atoms with van der Waals surface area (Å²) in [5.41, 5.74) is 3.02. The molecule has 0 saturated carbocycles. The van der Waals surface area contributed by atoms with E-state index in [9.17, 15) is 4.79 Å². The molecule has 1 fully saturated rings. The topological polar surface area (TPSA) is 36.1 Å². The molecule has 1 aliphatic rings. The van der Waals surface area contributed by atoms with Crippen LogP contribution in [0.25, 0.3) is 10.9 Å². The van der Waals surface area contributed by atoms with Gasteiger partial charge >= 0.3 is 0 Å². The second-order valence-electron chi connectivity index (χ2n) is 6.25. The monoisotopic (exact) mass is 304 g/mol. The molecule has 1 atom stereocenters. The first kappa shape index (κ1) is 14.1. The molecule has 4 rings (SSSR count). The zero-order valence-electron chi connectivity index (χ0n) is 13.0. The molecule has 1 aromatic heterocycles. The Morgan fingerprint density at radius 1 is 1.09 bits per heavy atom. The maximum absolute atomic E-state index is 12.9. The van der Waals surface area contributed by atoms with Crippen LogP contribution in [-0.2, 0) is 6.42 Å². The van der Waals surface area contributed by atoms with Gasteiger partial charge in [0.1, 0.15) is 5.69 Å². The van der Waals surface area contributed by atoms with Crippen molar-refractivity contribution in [1.29, 1.82) is 0 Å². The van der Waals surface area contributed by atoms with Gasteiger partial charge in [-0.1, -0.05) is 48.5 Å². The lowest BCUT2D eigenvalue weighted by Gasteiger charge is -2.24. The molecule has 0 unspecified atom stereocenters. The van der Waals surface area contributed by atoms with Crippen LogP contribution in [0.5, 0.6) is 0 Å². The van der Waals surface area contributed by atoms with Gasteiger partial charge in [0.05, 0.1) is 0 Å². The van der Waals surface area contributed by atoms with Crippen LogP contribution >= 0.6 is 0 Å². The SMILES string of the molecule is O=C(c1cc2ccccc2[nH]1)N1CCC[C@@H]1Cc1ccccc1. The summed E-state index contributed by atoms with van der Waals surface area (Å²) < 4.78 is 0. The van der Waals surface area contributed by atoms with Crippen molar-refractivity contribution in [2.45, 2.75) is 25.3 Å². The van der Waals surface area contributed by atoms with Crippen LogP contribution in [0.3, 0.4) is 0 Å². The molecular formula is C20H20N2O. The number of likely N-dealkylation sites (tertiary alicyclic amines) is 1. The molecule has 3 aromatic rings. The summed E-state index contributed by atoms with van der Waals surface area (Å²) in [6.07, 6.45) is 3.11. The Hall–Kier alpha value is -2.55. The number of nitrogens with one attached hydrogen (secondary N) is 1. The Balaban J connectivity index is 1.56. The molecule has 3 nitrogen and oxygen atoms in total. The fraction of sp³-hybridized carbons (Fsp3) is 0.250. The molecular weight excluding hydrogens is 284 g/mol. The van der Waals surface area contributed by atoms with Gasteiger partial charge < -0.3 is 9.88 Å². The highest BCUT2D eigenvalue weighted by atomic mass is 16.2. The zero-order valence-corrected chi connectivity index (χ0v) is 13.0. The number of H-pyrrole nitrogens is 1. The van der Waals surface area contributed by atoms with Crippen molar-refractivity contribution in [1.82, 2.24) is 9.88 Å². The fourth-order valence-corrected chi connectivity index (χ4v) is 3.54. The quantitative estimate of drug-likeness (QED) is 0.779. The van der Waals surface area contributed by atoms with Gasteiger partial charge in [0.2, 0.25) is 0 Å². The molecule has 1 amide bonds. The van der Waals surface area contributed by atoms with E-state index in [2.05, 4.69) is 29.2 Å². The molecule has 2 heterocycles. The third-order valence-corrected chi connectivity index (χ3v) is 4.71. The highest BCUT2D eigenvalue weighted by Crippen LogP contribution is 2.24. The van der Waals surface area contributed by atoms with Crippen LogP contribution in [0.1, 0.15) is 28.9 Å². The van der Waals surface area contributed by atoms with Crippen molar-refractivity contribution in [3.8, 4) is 0 Å². The first-order valence-electron chi connectivity index (χ1n) is 8.24. The number of rotatable bonds is 3. The molecule has 1 saturated heterocycles. The minimum atomic E-state index is 0.125. The van der Waals surface area contributed by atoms with Gasteiger partial charge in [-0.3, -0.25) is 4.79 Å². The van der Waals surface area contributed by atoms with Crippen molar-refractivity contribution in [3.63, 3.8) is 0 Å². The number of carbonyl (C=O) groups is 1. The van der Waals surface area contributed by atoms with E-state index < -0.39 is 0 Å². The van der Waals surface area contributed by atoms with E-state index in [0.717, 1.165) is 36.7 Å². The Kier molecular flexibility index (Phi) is 3.62. The Morgan fingerprint density at radius 3 is 2.70 bits per heavy atom. The van der Waals surface area contributed by atoms with E-state index >= 15 is 0 Å². The summed E-state index contributed by atoms with van der Waals surface area (Å²) in [6, 6.07) is 20.7. The molecule has 2 aromatic carbocycles. The summed E-state index contributed by atoms with van der Waals surface area (Å²) in [7, 11) is 0. The molecule has 1 N–H and O–H groups in total. The first-order valence-corrected chi connectivity index (χ1v) is 8.24. The summed E-state index contributed by atoms with van der Waals surface area (Å²) in [4.78, 5) is 18.2. The number of fused-ring (bicyclic) bond motifs is 1. The maximum atomic E-state index is 12.9. The summed E-state index contributed by atoms with van der Waals surface area (Å²) in [6.45, 7) is 0.853. The number of carbonyl (C=O) groups excluding carboxylic acids is 1. The number of aromatic amines is 1. The van der Waals surface area contributed by atoms with E-state index in [-0.39, 0.29) is 5.91 Å². The Bertz CT molecular complexity index is 789. The average Bonchev–Trinajstić information content (AvgIpc) is 3.21. The van der Waals surface area contributed by atoms with Crippen molar-refractivity contribution in [2.75, 3.05) is 6.54 Å². The van der Waals surface area contributed by atoms with Crippen LogP contribution < -0.4 is 0 Å². The lowest BCUT2D eigenvalue weighted by molar-refractivity contribution is 0.0731. The number of hydrogen-bond donors (Lipinski definition) is 1. The third-order valence-electron chi connectivity index (χ3n) is 4.71. The highest BCUT2D eigenvalue weighted by molar-refractivity contribution is 5.98. The van der Waals surface area contributed by atoms with Crippen LogP contribution in [0.4, 0.5) is 0 Å². The standard InChI is InChI=1S/C20H20N2O/c23-20(19-14-16-9-4-5-11-18(16)21-19)22-12-6-10-17(22)13-15-7-2-1-3-8-15/h1-5,7-9,11,14,17,21H,6,10,12-13H2/t17-/m1/s1. The number of aromatic nitrogens is 1. The normalized spacial score (nSPS) is 17.7. The number of nitrogens with zero attached hydrogens (tertiary/aromatic N) is 1. The summed E-state index contributed by atoms with van der Waals surface area (Å²) >= 11 is 0.